The summed E-state index contributed by atoms with van der Waals surface area (Å²) in [6.45, 7) is 2.04. The van der Waals surface area contributed by atoms with E-state index in [4.69, 9.17) is 0 Å². The fourth-order valence-corrected chi connectivity index (χ4v) is 2.24. The molecule has 0 saturated carbocycles. The SMILES string of the molecule is Cc1cc2ccccc2c2c(=O)[nH]ccc12. The third kappa shape index (κ3) is 1.16. The molecule has 0 bridgehead atoms. The van der Waals surface area contributed by atoms with Crippen molar-refractivity contribution in [1.29, 1.82) is 0 Å². The molecule has 0 radical (unpaired) electrons. The first-order valence-electron chi connectivity index (χ1n) is 5.27. The fraction of sp³-hybridized carbons (Fsp3) is 0.0714. The number of nitrogens with one attached hydrogen (secondary N) is 1. The zero-order valence-electron chi connectivity index (χ0n) is 8.95. The van der Waals surface area contributed by atoms with Gasteiger partial charge in [-0.3, -0.25) is 4.79 Å². The lowest BCUT2D eigenvalue weighted by atomic mass is 9.99. The molecule has 78 valence electrons. The number of rotatable bonds is 0. The molecular weight excluding hydrogens is 198 g/mol. The summed E-state index contributed by atoms with van der Waals surface area (Å²) in [7, 11) is 0. The van der Waals surface area contributed by atoms with Gasteiger partial charge in [0.15, 0.2) is 0 Å². The quantitative estimate of drug-likeness (QED) is 0.567. The van der Waals surface area contributed by atoms with Crippen molar-refractivity contribution in [2.24, 2.45) is 0 Å². The minimum absolute atomic E-state index is 0.0163. The molecule has 0 amide bonds. The van der Waals surface area contributed by atoms with E-state index in [9.17, 15) is 4.79 Å². The lowest BCUT2D eigenvalue weighted by Crippen LogP contribution is -2.05. The second kappa shape index (κ2) is 3.20. The van der Waals surface area contributed by atoms with Crippen LogP contribution in [-0.4, -0.2) is 4.98 Å². The highest BCUT2D eigenvalue weighted by molar-refractivity contribution is 6.08. The van der Waals surface area contributed by atoms with Crippen LogP contribution in [-0.2, 0) is 0 Å². The predicted octanol–water partition coefficient (Wildman–Crippen LogP) is 2.99. The molecule has 0 aliphatic carbocycles. The number of fused-ring (bicyclic) bond motifs is 3. The van der Waals surface area contributed by atoms with Gasteiger partial charge < -0.3 is 4.98 Å². The number of H-pyrrole nitrogens is 1. The number of pyridine rings is 1. The normalized spacial score (nSPS) is 11.1. The van der Waals surface area contributed by atoms with E-state index in [1.165, 1.54) is 0 Å². The summed E-state index contributed by atoms with van der Waals surface area (Å²) in [6.07, 6.45) is 1.70. The second-order valence-electron chi connectivity index (χ2n) is 4.01. The van der Waals surface area contributed by atoms with E-state index in [0.29, 0.717) is 0 Å². The van der Waals surface area contributed by atoms with E-state index in [0.717, 1.165) is 27.1 Å². The molecule has 1 aromatic heterocycles. The third-order valence-electron chi connectivity index (χ3n) is 2.99. The van der Waals surface area contributed by atoms with Gasteiger partial charge in [0.25, 0.3) is 5.56 Å². The Kier molecular flexibility index (Phi) is 1.83. The van der Waals surface area contributed by atoms with E-state index in [1.54, 1.807) is 6.20 Å². The van der Waals surface area contributed by atoms with Gasteiger partial charge in [-0.25, -0.2) is 0 Å². The molecule has 0 atom stereocenters. The molecule has 1 N–H and O–H groups in total. The highest BCUT2D eigenvalue weighted by Gasteiger charge is 2.05. The van der Waals surface area contributed by atoms with Gasteiger partial charge in [-0.05, 0) is 34.7 Å². The molecule has 3 rings (SSSR count). The molecule has 0 saturated heterocycles. The molecule has 2 heteroatoms. The van der Waals surface area contributed by atoms with Gasteiger partial charge >= 0.3 is 0 Å². The molecule has 0 aliphatic heterocycles. The third-order valence-corrected chi connectivity index (χ3v) is 2.99. The largest absolute Gasteiger partial charge is 0.329 e. The minimum Gasteiger partial charge on any atom is -0.329 e. The number of aromatic nitrogens is 1. The predicted molar refractivity (Wildman–Crippen MR) is 66.8 cm³/mol. The molecule has 0 unspecified atom stereocenters. The van der Waals surface area contributed by atoms with Crippen LogP contribution in [0.25, 0.3) is 21.5 Å². The van der Waals surface area contributed by atoms with Crippen LogP contribution in [0, 0.1) is 6.92 Å². The Hall–Kier alpha value is -2.09. The molecule has 3 aromatic rings. The van der Waals surface area contributed by atoms with Crippen LogP contribution in [0.2, 0.25) is 0 Å². The van der Waals surface area contributed by atoms with Crippen LogP contribution in [0.1, 0.15) is 5.56 Å². The molecular formula is C14H11NO. The monoisotopic (exact) mass is 209 g/mol. The number of hydrogen-bond donors (Lipinski definition) is 1. The lowest BCUT2D eigenvalue weighted by Gasteiger charge is -2.05. The Morgan fingerprint density at radius 2 is 1.88 bits per heavy atom. The Morgan fingerprint density at radius 3 is 2.75 bits per heavy atom. The van der Waals surface area contributed by atoms with Crippen LogP contribution in [0.3, 0.4) is 0 Å². The summed E-state index contributed by atoms with van der Waals surface area (Å²) in [5.41, 5.74) is 1.12. The summed E-state index contributed by atoms with van der Waals surface area (Å²) in [6, 6.07) is 12.1. The van der Waals surface area contributed by atoms with Gasteiger partial charge in [-0.1, -0.05) is 30.3 Å². The van der Waals surface area contributed by atoms with Gasteiger partial charge in [0.2, 0.25) is 0 Å². The summed E-state index contributed by atoms with van der Waals surface area (Å²) in [5.74, 6) is 0. The molecule has 1 heterocycles. The van der Waals surface area contributed by atoms with Crippen molar-refractivity contribution in [3.05, 3.63) is 58.5 Å². The van der Waals surface area contributed by atoms with Crippen molar-refractivity contribution in [2.75, 3.05) is 0 Å². The molecule has 16 heavy (non-hydrogen) atoms. The van der Waals surface area contributed by atoms with Gasteiger partial charge in [-0.2, -0.15) is 0 Å². The highest BCUT2D eigenvalue weighted by atomic mass is 16.1. The van der Waals surface area contributed by atoms with Crippen LogP contribution in [0.15, 0.2) is 47.4 Å². The number of aryl methyl sites for hydroxylation is 1. The summed E-state index contributed by atoms with van der Waals surface area (Å²) in [4.78, 5) is 14.6. The molecule has 0 fully saturated rings. The van der Waals surface area contributed by atoms with Crippen molar-refractivity contribution >= 4 is 21.5 Å². The van der Waals surface area contributed by atoms with Crippen molar-refractivity contribution < 1.29 is 0 Å². The molecule has 2 nitrogen and oxygen atoms in total. The first-order chi connectivity index (χ1) is 7.77. The van der Waals surface area contributed by atoms with Gasteiger partial charge in [0, 0.05) is 6.20 Å². The van der Waals surface area contributed by atoms with Crippen LogP contribution < -0.4 is 5.56 Å². The first kappa shape index (κ1) is 9.16. The minimum atomic E-state index is -0.0163. The van der Waals surface area contributed by atoms with Crippen molar-refractivity contribution in [1.82, 2.24) is 4.98 Å². The van der Waals surface area contributed by atoms with Crippen LogP contribution in [0.5, 0.6) is 0 Å². The fourth-order valence-electron chi connectivity index (χ4n) is 2.24. The van der Waals surface area contributed by atoms with Gasteiger partial charge in [-0.15, -0.1) is 0 Å². The lowest BCUT2D eigenvalue weighted by molar-refractivity contribution is 1.28. The van der Waals surface area contributed by atoms with E-state index in [-0.39, 0.29) is 5.56 Å². The number of benzene rings is 2. The zero-order valence-corrected chi connectivity index (χ0v) is 8.95. The van der Waals surface area contributed by atoms with Gasteiger partial charge in [0.05, 0.1) is 5.39 Å². The maximum atomic E-state index is 11.9. The summed E-state index contributed by atoms with van der Waals surface area (Å²) >= 11 is 0. The van der Waals surface area contributed by atoms with Crippen molar-refractivity contribution in [3.63, 3.8) is 0 Å². The van der Waals surface area contributed by atoms with Crippen molar-refractivity contribution in [2.45, 2.75) is 6.92 Å². The summed E-state index contributed by atoms with van der Waals surface area (Å²) < 4.78 is 0. The zero-order chi connectivity index (χ0) is 11.1. The molecule has 0 spiro atoms. The Balaban J connectivity index is 2.73. The maximum absolute atomic E-state index is 11.9. The number of hydrogen-bond acceptors (Lipinski definition) is 1. The summed E-state index contributed by atoms with van der Waals surface area (Å²) in [5, 5.41) is 3.95. The average molecular weight is 209 g/mol. The van der Waals surface area contributed by atoms with Crippen LogP contribution in [0.4, 0.5) is 0 Å². The Morgan fingerprint density at radius 1 is 1.06 bits per heavy atom. The number of aromatic amines is 1. The van der Waals surface area contributed by atoms with Crippen molar-refractivity contribution in [3.8, 4) is 0 Å². The second-order valence-corrected chi connectivity index (χ2v) is 4.01. The van der Waals surface area contributed by atoms with Gasteiger partial charge in [0.1, 0.15) is 0 Å². The van der Waals surface area contributed by atoms with E-state index in [2.05, 4.69) is 11.1 Å². The Labute approximate surface area is 92.5 Å². The van der Waals surface area contributed by atoms with E-state index >= 15 is 0 Å². The molecule has 0 aliphatic rings. The first-order valence-corrected chi connectivity index (χ1v) is 5.27. The molecule has 2 aromatic carbocycles. The standard InChI is InChI=1S/C14H11NO/c1-9-8-10-4-2-3-5-12(10)13-11(9)6-7-15-14(13)16/h2-8H,1H3,(H,15,16). The van der Waals surface area contributed by atoms with E-state index in [1.807, 2.05) is 37.3 Å². The smallest absolute Gasteiger partial charge is 0.256 e. The highest BCUT2D eigenvalue weighted by Crippen LogP contribution is 2.25. The maximum Gasteiger partial charge on any atom is 0.256 e. The topological polar surface area (TPSA) is 32.9 Å². The Bertz CT molecular complexity index is 740. The average Bonchev–Trinajstić information content (AvgIpc) is 2.30. The van der Waals surface area contributed by atoms with E-state index < -0.39 is 0 Å². The van der Waals surface area contributed by atoms with Crippen LogP contribution >= 0.6 is 0 Å².